The zero-order valence-corrected chi connectivity index (χ0v) is 14.6. The number of fused-ring (bicyclic) bond motifs is 1. The second kappa shape index (κ2) is 5.75. The summed E-state index contributed by atoms with van der Waals surface area (Å²) in [6.07, 6.45) is 2.16. The number of pyridine rings is 1. The van der Waals surface area contributed by atoms with Crippen molar-refractivity contribution in [3.8, 4) is 22.5 Å². The maximum absolute atomic E-state index is 4.89. The summed E-state index contributed by atoms with van der Waals surface area (Å²) >= 11 is 1.67. The number of aryl methyl sites for hydroxylation is 1. The van der Waals surface area contributed by atoms with Crippen LogP contribution in [0.3, 0.4) is 0 Å². The average Bonchev–Trinajstić information content (AvgIpc) is 3.19. The molecule has 0 radical (unpaired) electrons. The maximum Gasteiger partial charge on any atom is 0.119 e. The van der Waals surface area contributed by atoms with Crippen LogP contribution < -0.4 is 5.32 Å². The molecule has 1 aliphatic rings. The number of thiazole rings is 1. The molecule has 4 aromatic rings. The lowest BCUT2D eigenvalue weighted by atomic mass is 10.0. The van der Waals surface area contributed by atoms with Crippen molar-refractivity contribution in [1.29, 1.82) is 0 Å². The van der Waals surface area contributed by atoms with E-state index in [1.165, 1.54) is 4.70 Å². The molecule has 1 saturated heterocycles. The van der Waals surface area contributed by atoms with Gasteiger partial charge in [-0.15, -0.1) is 11.3 Å². The van der Waals surface area contributed by atoms with Crippen LogP contribution in [-0.4, -0.2) is 32.8 Å². The Balaban J connectivity index is 1.69. The molecule has 1 aliphatic heterocycles. The quantitative estimate of drug-likeness (QED) is 0.614. The van der Waals surface area contributed by atoms with Crippen LogP contribution in [0, 0.1) is 6.92 Å². The zero-order valence-electron chi connectivity index (χ0n) is 13.8. The summed E-state index contributed by atoms with van der Waals surface area (Å²) in [6.45, 7) is 3.95. The highest BCUT2D eigenvalue weighted by Crippen LogP contribution is 2.34. The third-order valence-corrected chi connectivity index (χ3v) is 5.43. The minimum atomic E-state index is 0.421. The van der Waals surface area contributed by atoms with Crippen molar-refractivity contribution in [1.82, 2.24) is 25.1 Å². The highest BCUT2D eigenvalue weighted by molar-refractivity contribution is 7.16. The summed E-state index contributed by atoms with van der Waals surface area (Å²) in [6, 6.07) is 12.9. The lowest BCUT2D eigenvalue weighted by molar-refractivity contribution is 0.319. The summed E-state index contributed by atoms with van der Waals surface area (Å²) in [5.41, 5.74) is 8.08. The largest absolute Gasteiger partial charge is 0.312 e. The van der Waals surface area contributed by atoms with Crippen LogP contribution in [0.15, 0.2) is 48.1 Å². The average molecular weight is 347 g/mol. The van der Waals surface area contributed by atoms with Crippen molar-refractivity contribution in [3.05, 3.63) is 53.8 Å². The molecule has 1 aromatic carbocycles. The van der Waals surface area contributed by atoms with Gasteiger partial charge in [-0.05, 0) is 36.8 Å². The molecule has 0 unspecified atom stereocenters. The van der Waals surface area contributed by atoms with Crippen molar-refractivity contribution in [3.63, 3.8) is 0 Å². The fourth-order valence-corrected chi connectivity index (χ4v) is 3.85. The summed E-state index contributed by atoms with van der Waals surface area (Å²) in [7, 11) is 0. The predicted octanol–water partition coefficient (Wildman–Crippen LogP) is 3.67. The molecule has 0 spiro atoms. The van der Waals surface area contributed by atoms with E-state index in [-0.39, 0.29) is 0 Å². The SMILES string of the molecule is Cc1cccc(-c2nn(C3CNC3)cc2-c2ccc3ncsc3c2)n1. The molecule has 1 fully saturated rings. The second-order valence-corrected chi connectivity index (χ2v) is 7.27. The number of hydrogen-bond donors (Lipinski definition) is 1. The van der Waals surface area contributed by atoms with Crippen LogP contribution in [-0.2, 0) is 0 Å². The molecular weight excluding hydrogens is 330 g/mol. The Morgan fingerprint density at radius 2 is 2.12 bits per heavy atom. The van der Waals surface area contributed by atoms with Gasteiger partial charge >= 0.3 is 0 Å². The third kappa shape index (κ3) is 2.54. The van der Waals surface area contributed by atoms with Crippen LogP contribution in [0.2, 0.25) is 0 Å². The van der Waals surface area contributed by atoms with Gasteiger partial charge in [-0.2, -0.15) is 5.10 Å². The third-order valence-electron chi connectivity index (χ3n) is 4.64. The predicted molar refractivity (Wildman–Crippen MR) is 101 cm³/mol. The van der Waals surface area contributed by atoms with Crippen LogP contribution in [0.25, 0.3) is 32.7 Å². The molecule has 0 amide bonds. The standard InChI is InChI=1S/C19H17N5S/c1-12-3-2-4-17(22-12)19-15(10-24(23-19)14-8-20-9-14)13-5-6-16-18(7-13)25-11-21-16/h2-7,10-11,14,20H,8-9H2,1H3. The highest BCUT2D eigenvalue weighted by atomic mass is 32.1. The summed E-state index contributed by atoms with van der Waals surface area (Å²) < 4.78 is 3.28. The van der Waals surface area contributed by atoms with Crippen LogP contribution in [0.4, 0.5) is 0 Å². The van der Waals surface area contributed by atoms with Gasteiger partial charge in [0, 0.05) is 30.5 Å². The number of aromatic nitrogens is 4. The Kier molecular flexibility index (Phi) is 3.39. The molecule has 3 aromatic heterocycles. The topological polar surface area (TPSA) is 55.6 Å². The van der Waals surface area contributed by atoms with Gasteiger partial charge in [0.1, 0.15) is 5.69 Å². The Bertz CT molecular complexity index is 1060. The van der Waals surface area contributed by atoms with Crippen molar-refractivity contribution >= 4 is 21.6 Å². The first-order chi connectivity index (χ1) is 12.3. The zero-order chi connectivity index (χ0) is 16.8. The van der Waals surface area contributed by atoms with E-state index in [9.17, 15) is 0 Å². The Hall–Kier alpha value is -2.57. The number of benzene rings is 1. The van der Waals surface area contributed by atoms with Crippen molar-refractivity contribution in [2.75, 3.05) is 13.1 Å². The summed E-state index contributed by atoms with van der Waals surface area (Å²) in [4.78, 5) is 9.08. The van der Waals surface area contributed by atoms with Crippen LogP contribution in [0.5, 0.6) is 0 Å². The fraction of sp³-hybridized carbons (Fsp3) is 0.211. The minimum absolute atomic E-state index is 0.421. The first-order valence-corrected chi connectivity index (χ1v) is 9.23. The van der Waals surface area contributed by atoms with Crippen LogP contribution in [0.1, 0.15) is 11.7 Å². The molecule has 6 heteroatoms. The van der Waals surface area contributed by atoms with E-state index in [1.807, 2.05) is 30.6 Å². The Morgan fingerprint density at radius 3 is 2.92 bits per heavy atom. The lowest BCUT2D eigenvalue weighted by Crippen LogP contribution is -2.43. The Labute approximate surface area is 149 Å². The van der Waals surface area contributed by atoms with E-state index in [0.29, 0.717) is 6.04 Å². The smallest absolute Gasteiger partial charge is 0.119 e. The van der Waals surface area contributed by atoms with Crippen molar-refractivity contribution in [2.24, 2.45) is 0 Å². The van der Waals surface area contributed by atoms with Gasteiger partial charge in [0.05, 0.1) is 27.5 Å². The first kappa shape index (κ1) is 14.7. The first-order valence-electron chi connectivity index (χ1n) is 8.35. The van der Waals surface area contributed by atoms with Gasteiger partial charge in [0.25, 0.3) is 0 Å². The second-order valence-electron chi connectivity index (χ2n) is 6.38. The molecule has 124 valence electrons. The monoisotopic (exact) mass is 347 g/mol. The van der Waals surface area contributed by atoms with Crippen LogP contribution >= 0.6 is 11.3 Å². The summed E-state index contributed by atoms with van der Waals surface area (Å²) in [5.74, 6) is 0. The van der Waals surface area contributed by atoms with E-state index in [2.05, 4.69) is 39.4 Å². The minimum Gasteiger partial charge on any atom is -0.312 e. The van der Waals surface area contributed by atoms with E-state index in [4.69, 9.17) is 10.1 Å². The number of rotatable bonds is 3. The van der Waals surface area contributed by atoms with Gasteiger partial charge in [-0.1, -0.05) is 12.1 Å². The van der Waals surface area contributed by atoms with E-state index >= 15 is 0 Å². The maximum atomic E-state index is 4.89. The molecule has 0 bridgehead atoms. The van der Waals surface area contributed by atoms with E-state index in [0.717, 1.165) is 46.8 Å². The molecule has 4 heterocycles. The molecular formula is C19H17N5S. The molecule has 5 rings (SSSR count). The lowest BCUT2D eigenvalue weighted by Gasteiger charge is -2.27. The normalized spacial score (nSPS) is 14.8. The summed E-state index contributed by atoms with van der Waals surface area (Å²) in [5, 5.41) is 8.20. The molecule has 25 heavy (non-hydrogen) atoms. The van der Waals surface area contributed by atoms with Gasteiger partial charge in [-0.3, -0.25) is 9.67 Å². The number of nitrogens with zero attached hydrogens (tertiary/aromatic N) is 4. The van der Waals surface area contributed by atoms with Gasteiger partial charge in [-0.25, -0.2) is 4.98 Å². The molecule has 0 saturated carbocycles. The van der Waals surface area contributed by atoms with E-state index < -0.39 is 0 Å². The van der Waals surface area contributed by atoms with Crippen molar-refractivity contribution in [2.45, 2.75) is 13.0 Å². The highest BCUT2D eigenvalue weighted by Gasteiger charge is 2.23. The van der Waals surface area contributed by atoms with Gasteiger partial charge < -0.3 is 5.32 Å². The fourth-order valence-electron chi connectivity index (χ4n) is 3.14. The van der Waals surface area contributed by atoms with Gasteiger partial charge in [0.2, 0.25) is 0 Å². The van der Waals surface area contributed by atoms with Crippen molar-refractivity contribution < 1.29 is 0 Å². The van der Waals surface area contributed by atoms with Gasteiger partial charge in [0.15, 0.2) is 0 Å². The molecule has 0 aliphatic carbocycles. The Morgan fingerprint density at radius 1 is 1.20 bits per heavy atom. The molecule has 0 atom stereocenters. The number of hydrogen-bond acceptors (Lipinski definition) is 5. The molecule has 1 N–H and O–H groups in total. The molecule has 5 nitrogen and oxygen atoms in total. The van der Waals surface area contributed by atoms with E-state index in [1.54, 1.807) is 11.3 Å². The number of nitrogens with one attached hydrogen (secondary N) is 1.